The second-order valence-electron chi connectivity index (χ2n) is 4.66. The molecule has 1 aliphatic carbocycles. The van der Waals surface area contributed by atoms with Crippen LogP contribution in [0.1, 0.15) is 36.0 Å². The van der Waals surface area contributed by atoms with Crippen LogP contribution in [-0.4, -0.2) is 22.8 Å². The van der Waals surface area contributed by atoms with Crippen molar-refractivity contribution in [2.45, 2.75) is 31.1 Å². The number of carbonyl (C=O) groups excluding carboxylic acids is 1. The van der Waals surface area contributed by atoms with Gasteiger partial charge in [0.2, 0.25) is 0 Å². The number of rotatable bonds is 3. The van der Waals surface area contributed by atoms with Gasteiger partial charge in [-0.25, -0.2) is 4.39 Å². The molecule has 1 saturated carbocycles. The Bertz CT molecular complexity index is 427. The molecule has 5 heteroatoms. The van der Waals surface area contributed by atoms with Gasteiger partial charge in [0.05, 0.1) is 11.8 Å². The second-order valence-corrected chi connectivity index (χ2v) is 5.22. The Hall–Kier alpha value is -1.16. The summed E-state index contributed by atoms with van der Waals surface area (Å²) in [6.07, 6.45) is 6.79. The van der Waals surface area contributed by atoms with Crippen molar-refractivity contribution in [2.75, 3.05) is 6.54 Å². The largest absolute Gasteiger partial charge is 0.352 e. The van der Waals surface area contributed by atoms with Crippen LogP contribution in [0.5, 0.6) is 0 Å². The lowest BCUT2D eigenvalue weighted by Gasteiger charge is -2.27. The van der Waals surface area contributed by atoms with Gasteiger partial charge in [0.1, 0.15) is 5.82 Å². The van der Waals surface area contributed by atoms with E-state index >= 15 is 0 Å². The normalized spacial score (nSPS) is 23.7. The molecule has 0 radical (unpaired) electrons. The summed E-state index contributed by atoms with van der Waals surface area (Å²) in [6.45, 7) is 0.545. The van der Waals surface area contributed by atoms with E-state index in [-0.39, 0.29) is 16.8 Å². The monoisotopic (exact) mass is 270 g/mol. The highest BCUT2D eigenvalue weighted by Gasteiger charge is 2.23. The summed E-state index contributed by atoms with van der Waals surface area (Å²) in [6, 6.07) is 1.18. The van der Waals surface area contributed by atoms with Crippen LogP contribution >= 0.6 is 11.6 Å². The summed E-state index contributed by atoms with van der Waals surface area (Å²) in [5.41, 5.74) is 0.247. The molecule has 1 fully saturated rings. The Labute approximate surface area is 111 Å². The van der Waals surface area contributed by atoms with Crippen LogP contribution in [0.15, 0.2) is 18.5 Å². The third-order valence-corrected chi connectivity index (χ3v) is 3.88. The number of aromatic nitrogens is 1. The van der Waals surface area contributed by atoms with E-state index in [2.05, 4.69) is 10.3 Å². The first-order valence-electron chi connectivity index (χ1n) is 6.19. The molecule has 1 aromatic heterocycles. The maximum atomic E-state index is 12.9. The van der Waals surface area contributed by atoms with E-state index in [1.54, 1.807) is 0 Å². The van der Waals surface area contributed by atoms with Crippen LogP contribution in [0.3, 0.4) is 0 Å². The van der Waals surface area contributed by atoms with Gasteiger partial charge in [-0.05, 0) is 24.8 Å². The van der Waals surface area contributed by atoms with Gasteiger partial charge in [0.25, 0.3) is 5.91 Å². The fourth-order valence-corrected chi connectivity index (χ4v) is 2.62. The summed E-state index contributed by atoms with van der Waals surface area (Å²) in [5.74, 6) is -0.488. The molecule has 18 heavy (non-hydrogen) atoms. The van der Waals surface area contributed by atoms with Gasteiger partial charge >= 0.3 is 0 Å². The van der Waals surface area contributed by atoms with E-state index in [0.717, 1.165) is 31.9 Å². The van der Waals surface area contributed by atoms with E-state index in [1.165, 1.54) is 12.3 Å². The minimum Gasteiger partial charge on any atom is -0.352 e. The first-order valence-corrected chi connectivity index (χ1v) is 6.63. The lowest BCUT2D eigenvalue weighted by Crippen LogP contribution is -2.34. The molecule has 0 spiro atoms. The maximum Gasteiger partial charge on any atom is 0.252 e. The van der Waals surface area contributed by atoms with Crippen molar-refractivity contribution >= 4 is 17.5 Å². The number of pyridine rings is 1. The van der Waals surface area contributed by atoms with Crippen LogP contribution in [0.25, 0.3) is 0 Å². The average molecular weight is 271 g/mol. The smallest absolute Gasteiger partial charge is 0.252 e. The number of hydrogen-bond donors (Lipinski definition) is 1. The molecule has 1 N–H and O–H groups in total. The summed E-state index contributed by atoms with van der Waals surface area (Å²) in [4.78, 5) is 15.4. The molecule has 2 unspecified atom stereocenters. The third kappa shape index (κ3) is 3.42. The molecule has 1 heterocycles. The fourth-order valence-electron chi connectivity index (χ4n) is 2.25. The lowest BCUT2D eigenvalue weighted by molar-refractivity contribution is 0.0943. The third-order valence-electron chi connectivity index (χ3n) is 3.31. The molecule has 1 aromatic rings. The number of amides is 1. The highest BCUT2D eigenvalue weighted by Crippen LogP contribution is 2.28. The molecular formula is C13H16ClFN2O. The van der Waals surface area contributed by atoms with Gasteiger partial charge in [-0.3, -0.25) is 9.78 Å². The molecule has 0 aromatic carbocycles. The van der Waals surface area contributed by atoms with Crippen LogP contribution < -0.4 is 5.32 Å². The predicted molar refractivity (Wildman–Crippen MR) is 68.1 cm³/mol. The second kappa shape index (κ2) is 6.14. The van der Waals surface area contributed by atoms with E-state index in [0.29, 0.717) is 12.5 Å². The average Bonchev–Trinajstić information content (AvgIpc) is 2.37. The Morgan fingerprint density at radius 2 is 2.22 bits per heavy atom. The molecule has 0 bridgehead atoms. The van der Waals surface area contributed by atoms with Gasteiger partial charge in [-0.15, -0.1) is 11.6 Å². The van der Waals surface area contributed by atoms with E-state index in [9.17, 15) is 9.18 Å². The van der Waals surface area contributed by atoms with Crippen molar-refractivity contribution in [1.29, 1.82) is 0 Å². The van der Waals surface area contributed by atoms with Gasteiger partial charge in [0, 0.05) is 18.1 Å². The summed E-state index contributed by atoms with van der Waals surface area (Å²) < 4.78 is 12.9. The molecule has 98 valence electrons. The van der Waals surface area contributed by atoms with Gasteiger partial charge < -0.3 is 5.32 Å². The Kier molecular flexibility index (Phi) is 4.53. The minimum atomic E-state index is -0.504. The standard InChI is InChI=1S/C13H16ClFN2O/c14-12-4-2-1-3-9(12)7-17-13(18)10-5-11(15)8-16-6-10/h5-6,8-9,12H,1-4,7H2,(H,17,18). The van der Waals surface area contributed by atoms with E-state index in [4.69, 9.17) is 11.6 Å². The predicted octanol–water partition coefficient (Wildman–Crippen LogP) is 2.75. The molecule has 0 saturated heterocycles. The summed E-state index contributed by atoms with van der Waals surface area (Å²) >= 11 is 6.21. The highest BCUT2D eigenvalue weighted by atomic mass is 35.5. The number of nitrogens with one attached hydrogen (secondary N) is 1. The number of carbonyl (C=O) groups is 1. The Balaban J connectivity index is 1.88. The topological polar surface area (TPSA) is 42.0 Å². The molecule has 2 rings (SSSR count). The molecule has 0 aliphatic heterocycles. The molecule has 3 nitrogen and oxygen atoms in total. The SMILES string of the molecule is O=C(NCC1CCCCC1Cl)c1cncc(F)c1. The van der Waals surface area contributed by atoms with E-state index < -0.39 is 5.82 Å². The zero-order chi connectivity index (χ0) is 13.0. The van der Waals surface area contributed by atoms with Crippen molar-refractivity contribution in [3.63, 3.8) is 0 Å². The van der Waals surface area contributed by atoms with Crippen LogP contribution in [0, 0.1) is 11.7 Å². The van der Waals surface area contributed by atoms with Gasteiger partial charge in [-0.1, -0.05) is 12.8 Å². The molecular weight excluding hydrogens is 255 g/mol. The minimum absolute atomic E-state index is 0.129. The highest BCUT2D eigenvalue weighted by molar-refractivity contribution is 6.20. The molecule has 2 atom stereocenters. The Morgan fingerprint density at radius 3 is 2.94 bits per heavy atom. The van der Waals surface area contributed by atoms with Crippen molar-refractivity contribution < 1.29 is 9.18 Å². The van der Waals surface area contributed by atoms with Crippen molar-refractivity contribution in [3.8, 4) is 0 Å². The first kappa shape index (κ1) is 13.3. The van der Waals surface area contributed by atoms with Crippen LogP contribution in [0.4, 0.5) is 4.39 Å². The first-order chi connectivity index (χ1) is 8.66. The quantitative estimate of drug-likeness (QED) is 0.858. The fraction of sp³-hybridized carbons (Fsp3) is 0.538. The number of alkyl halides is 1. The van der Waals surface area contributed by atoms with E-state index in [1.807, 2.05) is 0 Å². The summed E-state index contributed by atoms with van der Waals surface area (Å²) in [5, 5.41) is 2.93. The van der Waals surface area contributed by atoms with Crippen molar-refractivity contribution in [2.24, 2.45) is 5.92 Å². The van der Waals surface area contributed by atoms with Crippen molar-refractivity contribution in [1.82, 2.24) is 10.3 Å². The number of halogens is 2. The Morgan fingerprint density at radius 1 is 1.44 bits per heavy atom. The summed E-state index contributed by atoms with van der Waals surface area (Å²) in [7, 11) is 0. The number of nitrogens with zero attached hydrogens (tertiary/aromatic N) is 1. The van der Waals surface area contributed by atoms with Gasteiger partial charge in [-0.2, -0.15) is 0 Å². The lowest BCUT2D eigenvalue weighted by atomic mass is 9.88. The van der Waals surface area contributed by atoms with Crippen molar-refractivity contribution in [3.05, 3.63) is 29.8 Å². The van der Waals surface area contributed by atoms with Crippen LogP contribution in [0.2, 0.25) is 0 Å². The van der Waals surface area contributed by atoms with Crippen LogP contribution in [-0.2, 0) is 0 Å². The zero-order valence-electron chi connectivity index (χ0n) is 10.0. The molecule has 1 aliphatic rings. The zero-order valence-corrected chi connectivity index (χ0v) is 10.8. The van der Waals surface area contributed by atoms with Gasteiger partial charge in [0.15, 0.2) is 0 Å². The molecule has 1 amide bonds. The number of hydrogen-bond acceptors (Lipinski definition) is 2. The maximum absolute atomic E-state index is 12.9.